The van der Waals surface area contributed by atoms with Gasteiger partial charge in [-0.2, -0.15) is 0 Å². The molecule has 0 aliphatic heterocycles. The van der Waals surface area contributed by atoms with E-state index in [1.165, 1.54) is 12.1 Å². The van der Waals surface area contributed by atoms with Crippen molar-refractivity contribution in [3.05, 3.63) is 63.1 Å². The number of aromatic nitrogens is 3. The number of H-pyrrole nitrogens is 1. The Morgan fingerprint density at radius 3 is 2.88 bits per heavy atom. The fourth-order valence-corrected chi connectivity index (χ4v) is 2.65. The number of benzene rings is 2. The van der Waals surface area contributed by atoms with Crippen LogP contribution in [0.25, 0.3) is 22.1 Å². The Labute approximate surface area is 144 Å². The minimum atomic E-state index is -0.778. The van der Waals surface area contributed by atoms with Crippen molar-refractivity contribution in [1.29, 1.82) is 0 Å². The number of imidazole rings is 1. The van der Waals surface area contributed by atoms with E-state index in [2.05, 4.69) is 15.3 Å². The van der Waals surface area contributed by atoms with Crippen LogP contribution < -0.4 is 11.1 Å². The number of carbonyl (C=O) groups excluding carboxylic acids is 1. The number of hydrogen-bond acceptors (Lipinski definition) is 6. The summed E-state index contributed by atoms with van der Waals surface area (Å²) in [4.78, 5) is 41.6. The van der Waals surface area contributed by atoms with Crippen molar-refractivity contribution >= 4 is 39.7 Å². The molecule has 4 rings (SSSR count). The number of nitro groups is 1. The van der Waals surface area contributed by atoms with Crippen LogP contribution in [0.2, 0.25) is 0 Å². The quantitative estimate of drug-likeness (QED) is 0.425. The molecule has 0 unspecified atom stereocenters. The van der Waals surface area contributed by atoms with E-state index in [0.717, 1.165) is 16.2 Å². The highest BCUT2D eigenvalue weighted by atomic mass is 16.6. The number of hydrogen-bond donors (Lipinski definition) is 2. The van der Waals surface area contributed by atoms with E-state index < -0.39 is 16.6 Å². The third-order valence-corrected chi connectivity index (χ3v) is 3.81. The highest BCUT2D eigenvalue weighted by molar-refractivity contribution is 5.91. The van der Waals surface area contributed by atoms with E-state index in [9.17, 15) is 19.7 Å². The molecule has 10 heteroatoms. The number of anilines is 1. The van der Waals surface area contributed by atoms with Crippen molar-refractivity contribution in [2.75, 3.05) is 5.32 Å². The maximum Gasteiger partial charge on any atom is 0.420 e. The van der Waals surface area contributed by atoms with E-state index in [-0.39, 0.29) is 23.8 Å². The van der Waals surface area contributed by atoms with Crippen molar-refractivity contribution in [2.45, 2.75) is 6.54 Å². The predicted octanol–water partition coefficient (Wildman–Crippen LogP) is 2.02. The Hall–Kier alpha value is -3.95. The highest BCUT2D eigenvalue weighted by Crippen LogP contribution is 2.20. The molecule has 2 aromatic heterocycles. The smallest absolute Gasteiger partial charge is 0.407 e. The van der Waals surface area contributed by atoms with E-state index in [1.54, 1.807) is 6.07 Å². The van der Waals surface area contributed by atoms with Crippen LogP contribution in [-0.4, -0.2) is 25.4 Å². The molecule has 2 heterocycles. The summed E-state index contributed by atoms with van der Waals surface area (Å²) in [5, 5.41) is 13.4. The molecule has 0 aliphatic rings. The molecule has 0 saturated heterocycles. The summed E-state index contributed by atoms with van der Waals surface area (Å²) >= 11 is 0. The van der Waals surface area contributed by atoms with E-state index in [4.69, 9.17) is 4.42 Å². The van der Waals surface area contributed by atoms with E-state index >= 15 is 0 Å². The van der Waals surface area contributed by atoms with Gasteiger partial charge in [-0.05, 0) is 18.2 Å². The summed E-state index contributed by atoms with van der Waals surface area (Å²) in [5.41, 5.74) is 1.59. The fraction of sp³-hybridized carbons (Fsp3) is 0.0625. The molecule has 130 valence electrons. The molecular weight excluding hydrogens is 342 g/mol. The van der Waals surface area contributed by atoms with E-state index in [1.807, 2.05) is 18.2 Å². The number of aromatic amines is 1. The minimum Gasteiger partial charge on any atom is -0.407 e. The van der Waals surface area contributed by atoms with Gasteiger partial charge in [-0.25, -0.2) is 9.78 Å². The number of amides is 1. The van der Waals surface area contributed by atoms with Gasteiger partial charge in [0.15, 0.2) is 5.58 Å². The molecule has 0 fully saturated rings. The maximum atomic E-state index is 12.2. The van der Waals surface area contributed by atoms with Crippen LogP contribution in [0, 0.1) is 10.1 Å². The van der Waals surface area contributed by atoms with Gasteiger partial charge in [0.2, 0.25) is 11.9 Å². The monoisotopic (exact) mass is 353 g/mol. The van der Waals surface area contributed by atoms with Gasteiger partial charge >= 0.3 is 5.76 Å². The van der Waals surface area contributed by atoms with Gasteiger partial charge < -0.3 is 9.40 Å². The number of nitrogens with one attached hydrogen (secondary N) is 2. The first-order chi connectivity index (χ1) is 12.5. The average Bonchev–Trinajstić information content (AvgIpc) is 3.14. The lowest BCUT2D eigenvalue weighted by atomic mass is 10.3. The summed E-state index contributed by atoms with van der Waals surface area (Å²) in [7, 11) is 0. The van der Waals surface area contributed by atoms with Crippen LogP contribution in [0.3, 0.4) is 0 Å². The second-order valence-corrected chi connectivity index (χ2v) is 5.51. The van der Waals surface area contributed by atoms with Crippen LogP contribution >= 0.6 is 0 Å². The van der Waals surface area contributed by atoms with Gasteiger partial charge in [0.05, 0.1) is 27.5 Å². The van der Waals surface area contributed by atoms with Gasteiger partial charge in [0, 0.05) is 6.07 Å². The zero-order valence-electron chi connectivity index (χ0n) is 13.1. The Bertz CT molecular complexity index is 1190. The van der Waals surface area contributed by atoms with Crippen LogP contribution in [-0.2, 0) is 11.3 Å². The molecule has 1 amide bonds. The minimum absolute atomic E-state index is 0.0423. The number of nitro benzene ring substituents is 1. The van der Waals surface area contributed by atoms with Gasteiger partial charge in [-0.3, -0.25) is 24.8 Å². The molecule has 0 aliphatic carbocycles. The van der Waals surface area contributed by atoms with Crippen molar-refractivity contribution in [3.63, 3.8) is 0 Å². The molecule has 0 spiro atoms. The standard InChI is InChI=1S/C16H11N5O5/c22-14(19-15-17-10-3-1-2-4-11(10)18-15)8-20-12-6-5-9(21(24)25)7-13(12)26-16(20)23/h1-7H,8H2,(H2,17,18,19,22). The van der Waals surface area contributed by atoms with Crippen LogP contribution in [0.1, 0.15) is 0 Å². The number of fused-ring (bicyclic) bond motifs is 2. The number of carbonyl (C=O) groups is 1. The Morgan fingerprint density at radius 2 is 2.12 bits per heavy atom. The maximum absolute atomic E-state index is 12.2. The molecule has 0 saturated carbocycles. The van der Waals surface area contributed by atoms with Crippen LogP contribution in [0.15, 0.2) is 51.7 Å². The Balaban J connectivity index is 1.60. The summed E-state index contributed by atoms with van der Waals surface area (Å²) in [6.45, 7) is -0.319. The van der Waals surface area contributed by atoms with Gasteiger partial charge in [0.1, 0.15) is 6.54 Å². The molecule has 26 heavy (non-hydrogen) atoms. The topological polar surface area (TPSA) is 136 Å². The molecule has 2 N–H and O–H groups in total. The first kappa shape index (κ1) is 15.6. The molecule has 10 nitrogen and oxygen atoms in total. The summed E-state index contributed by atoms with van der Waals surface area (Å²) in [5.74, 6) is -1.01. The number of para-hydroxylation sites is 2. The van der Waals surface area contributed by atoms with Crippen LogP contribution in [0.4, 0.5) is 11.6 Å². The molecule has 0 atom stereocenters. The van der Waals surface area contributed by atoms with Crippen molar-refractivity contribution in [2.24, 2.45) is 0 Å². The molecule has 4 aromatic rings. The number of rotatable bonds is 4. The van der Waals surface area contributed by atoms with Crippen molar-refractivity contribution in [1.82, 2.24) is 14.5 Å². The zero-order chi connectivity index (χ0) is 18.3. The van der Waals surface area contributed by atoms with Crippen molar-refractivity contribution < 1.29 is 14.1 Å². The third kappa shape index (κ3) is 2.69. The van der Waals surface area contributed by atoms with Gasteiger partial charge in [-0.1, -0.05) is 12.1 Å². The lowest BCUT2D eigenvalue weighted by Gasteiger charge is -2.02. The zero-order valence-corrected chi connectivity index (χ0v) is 13.1. The number of nitrogens with zero attached hydrogens (tertiary/aromatic N) is 3. The largest absolute Gasteiger partial charge is 0.420 e. The Morgan fingerprint density at radius 1 is 1.31 bits per heavy atom. The predicted molar refractivity (Wildman–Crippen MR) is 91.9 cm³/mol. The summed E-state index contributed by atoms with van der Waals surface area (Å²) in [6.07, 6.45) is 0. The summed E-state index contributed by atoms with van der Waals surface area (Å²) < 4.78 is 6.08. The fourth-order valence-electron chi connectivity index (χ4n) is 2.65. The molecular formula is C16H11N5O5. The molecule has 2 aromatic carbocycles. The van der Waals surface area contributed by atoms with Crippen molar-refractivity contribution in [3.8, 4) is 0 Å². The lowest BCUT2D eigenvalue weighted by Crippen LogP contribution is -2.25. The molecule has 0 bridgehead atoms. The first-order valence-electron chi connectivity index (χ1n) is 7.53. The highest BCUT2D eigenvalue weighted by Gasteiger charge is 2.16. The average molecular weight is 353 g/mol. The number of oxazole rings is 1. The SMILES string of the molecule is O=C(Cn1c(=O)oc2cc([N+](=O)[O-])ccc21)Nc1nc2ccccc2[nH]1. The second-order valence-electron chi connectivity index (χ2n) is 5.51. The van der Waals surface area contributed by atoms with E-state index in [0.29, 0.717) is 11.0 Å². The van der Waals surface area contributed by atoms with Gasteiger partial charge in [0.25, 0.3) is 5.69 Å². The first-order valence-corrected chi connectivity index (χ1v) is 7.53. The second kappa shape index (κ2) is 5.84. The summed E-state index contributed by atoms with van der Waals surface area (Å²) in [6, 6.07) is 11.0. The Kier molecular flexibility index (Phi) is 3.50. The van der Waals surface area contributed by atoms with Gasteiger partial charge in [-0.15, -0.1) is 0 Å². The van der Waals surface area contributed by atoms with Crippen LogP contribution in [0.5, 0.6) is 0 Å². The third-order valence-electron chi connectivity index (χ3n) is 3.81. The normalized spacial score (nSPS) is 11.1. The lowest BCUT2D eigenvalue weighted by molar-refractivity contribution is -0.384. The number of non-ortho nitro benzene ring substituents is 1. The molecule has 0 radical (unpaired) electrons.